The first-order valence-electron chi connectivity index (χ1n) is 3.31. The molecule has 0 aromatic carbocycles. The molecule has 6 heteroatoms. The highest BCUT2D eigenvalue weighted by Gasteiger charge is 2.30. The van der Waals surface area contributed by atoms with Gasteiger partial charge in [-0.2, -0.15) is 0 Å². The quantitative estimate of drug-likeness (QED) is 0.506. The molecule has 0 saturated carbocycles. The molecular formula is C5H11O5P. The smallest absolute Gasteiger partial charge is 0.327 e. The minimum atomic E-state index is -2.33. The molecule has 1 heterocycles. The number of hydrogen-bond donors (Lipinski definition) is 3. The molecule has 2 atom stereocenters. The number of hydrogen-bond acceptors (Lipinski definition) is 5. The molecule has 11 heavy (non-hydrogen) atoms. The fourth-order valence-corrected chi connectivity index (χ4v) is 1.52. The maximum absolute atomic E-state index is 8.69. The summed E-state index contributed by atoms with van der Waals surface area (Å²) in [6.45, 7) is 0.354. The fourth-order valence-electron chi connectivity index (χ4n) is 1.04. The number of aliphatic hydroxyl groups is 1. The molecule has 0 aromatic rings. The lowest BCUT2D eigenvalue weighted by molar-refractivity contribution is 0.00936. The molecule has 2 unspecified atom stereocenters. The largest absolute Gasteiger partial charge is 0.394 e. The highest BCUT2D eigenvalue weighted by atomic mass is 31.2. The van der Waals surface area contributed by atoms with E-state index < -0.39 is 14.7 Å². The van der Waals surface area contributed by atoms with Crippen LogP contribution < -0.4 is 0 Å². The first kappa shape index (κ1) is 9.32. The molecule has 66 valence electrons. The van der Waals surface area contributed by atoms with Crippen LogP contribution in [0.1, 0.15) is 6.42 Å². The molecule has 3 N–H and O–H groups in total. The summed E-state index contributed by atoms with van der Waals surface area (Å²) >= 11 is 0. The summed E-state index contributed by atoms with van der Waals surface area (Å²) in [6.07, 6.45) is -0.175. The molecule has 1 aliphatic heterocycles. The number of ether oxygens (including phenoxy) is 1. The van der Waals surface area contributed by atoms with Gasteiger partial charge in [0, 0.05) is 13.0 Å². The normalized spacial score (nSPS) is 31.6. The van der Waals surface area contributed by atoms with E-state index in [1.807, 2.05) is 0 Å². The van der Waals surface area contributed by atoms with E-state index in [0.717, 1.165) is 0 Å². The average molecular weight is 182 g/mol. The van der Waals surface area contributed by atoms with Crippen molar-refractivity contribution in [2.45, 2.75) is 18.6 Å². The Kier molecular flexibility index (Phi) is 3.65. The van der Waals surface area contributed by atoms with Crippen LogP contribution in [0.15, 0.2) is 0 Å². The lowest BCUT2D eigenvalue weighted by Gasteiger charge is -2.16. The standard InChI is InChI=1S/C5H11O5P/c6-3-5-4(1-2-9-5)10-11(7)8/h4-8H,1-3H2. The molecular weight excluding hydrogens is 171 g/mol. The molecule has 0 radical (unpaired) electrons. The van der Waals surface area contributed by atoms with Gasteiger partial charge in [0.1, 0.15) is 6.10 Å². The van der Waals surface area contributed by atoms with Crippen LogP contribution in [-0.4, -0.2) is 40.3 Å². The van der Waals surface area contributed by atoms with E-state index in [9.17, 15) is 0 Å². The third-order valence-corrected chi connectivity index (χ3v) is 2.02. The SMILES string of the molecule is OCC1OCCC1OP(O)O. The molecule has 1 fully saturated rings. The van der Waals surface area contributed by atoms with Crippen LogP contribution >= 0.6 is 8.60 Å². The van der Waals surface area contributed by atoms with Gasteiger partial charge in [-0.15, -0.1) is 0 Å². The van der Waals surface area contributed by atoms with Gasteiger partial charge < -0.3 is 24.2 Å². The molecule has 1 aliphatic rings. The van der Waals surface area contributed by atoms with Crippen LogP contribution in [0, 0.1) is 0 Å². The first-order valence-corrected chi connectivity index (χ1v) is 4.47. The summed E-state index contributed by atoms with van der Waals surface area (Å²) in [4.78, 5) is 17.0. The number of rotatable bonds is 3. The Balaban J connectivity index is 2.31. The van der Waals surface area contributed by atoms with Gasteiger partial charge in [-0.05, 0) is 0 Å². The van der Waals surface area contributed by atoms with Crippen LogP contribution in [-0.2, 0) is 9.26 Å². The van der Waals surface area contributed by atoms with E-state index in [1.54, 1.807) is 0 Å². The Morgan fingerprint density at radius 1 is 1.55 bits per heavy atom. The Morgan fingerprint density at radius 2 is 2.27 bits per heavy atom. The third kappa shape index (κ3) is 2.63. The monoisotopic (exact) mass is 182 g/mol. The summed E-state index contributed by atoms with van der Waals surface area (Å²) < 4.78 is 9.73. The van der Waals surface area contributed by atoms with Crippen molar-refractivity contribution in [1.82, 2.24) is 0 Å². The van der Waals surface area contributed by atoms with E-state index in [2.05, 4.69) is 0 Å². The number of aliphatic hydroxyl groups excluding tert-OH is 1. The van der Waals surface area contributed by atoms with Gasteiger partial charge in [0.05, 0.1) is 12.7 Å². The zero-order valence-electron chi connectivity index (χ0n) is 5.88. The molecule has 0 aliphatic carbocycles. The van der Waals surface area contributed by atoms with Crippen molar-refractivity contribution >= 4 is 8.60 Å². The van der Waals surface area contributed by atoms with Gasteiger partial charge in [0.25, 0.3) is 0 Å². The Labute approximate surface area is 65.6 Å². The van der Waals surface area contributed by atoms with Crippen LogP contribution in [0.5, 0.6) is 0 Å². The van der Waals surface area contributed by atoms with E-state index in [0.29, 0.717) is 13.0 Å². The van der Waals surface area contributed by atoms with Crippen LogP contribution in [0.2, 0.25) is 0 Å². The van der Waals surface area contributed by atoms with Gasteiger partial charge in [0.2, 0.25) is 0 Å². The predicted molar refractivity (Wildman–Crippen MR) is 37.7 cm³/mol. The van der Waals surface area contributed by atoms with Crippen molar-refractivity contribution in [3.63, 3.8) is 0 Å². The van der Waals surface area contributed by atoms with E-state index >= 15 is 0 Å². The molecule has 0 aromatic heterocycles. The van der Waals surface area contributed by atoms with Gasteiger partial charge in [-0.25, -0.2) is 0 Å². The first-order chi connectivity index (χ1) is 5.24. The summed E-state index contributed by atoms with van der Waals surface area (Å²) in [5.41, 5.74) is 0. The second-order valence-corrected chi connectivity index (χ2v) is 2.99. The highest BCUT2D eigenvalue weighted by Crippen LogP contribution is 2.32. The molecule has 5 nitrogen and oxygen atoms in total. The Morgan fingerprint density at radius 3 is 2.82 bits per heavy atom. The zero-order valence-corrected chi connectivity index (χ0v) is 6.78. The van der Waals surface area contributed by atoms with Crippen molar-refractivity contribution in [2.24, 2.45) is 0 Å². The van der Waals surface area contributed by atoms with Crippen molar-refractivity contribution < 1.29 is 24.2 Å². The maximum Gasteiger partial charge on any atom is 0.327 e. The molecule has 1 rings (SSSR count). The van der Waals surface area contributed by atoms with E-state index in [4.69, 9.17) is 24.2 Å². The highest BCUT2D eigenvalue weighted by molar-refractivity contribution is 7.39. The fraction of sp³-hybridized carbons (Fsp3) is 1.00. The summed E-state index contributed by atoms with van der Waals surface area (Å²) in [5.74, 6) is 0. The summed E-state index contributed by atoms with van der Waals surface area (Å²) in [7, 11) is -2.33. The van der Waals surface area contributed by atoms with Gasteiger partial charge in [-0.3, -0.25) is 0 Å². The molecule has 0 amide bonds. The summed E-state index contributed by atoms with van der Waals surface area (Å²) in [5, 5.41) is 8.69. The molecule has 0 spiro atoms. The van der Waals surface area contributed by atoms with Crippen molar-refractivity contribution in [2.75, 3.05) is 13.2 Å². The van der Waals surface area contributed by atoms with Crippen molar-refractivity contribution in [1.29, 1.82) is 0 Å². The van der Waals surface area contributed by atoms with E-state index in [1.165, 1.54) is 0 Å². The average Bonchev–Trinajstić information content (AvgIpc) is 2.34. The molecule has 0 bridgehead atoms. The summed E-state index contributed by atoms with van der Waals surface area (Å²) in [6, 6.07) is 0. The minimum Gasteiger partial charge on any atom is -0.394 e. The maximum atomic E-state index is 8.69. The van der Waals surface area contributed by atoms with Crippen LogP contribution in [0.25, 0.3) is 0 Å². The predicted octanol–water partition coefficient (Wildman–Crippen LogP) is -0.636. The van der Waals surface area contributed by atoms with Crippen LogP contribution in [0.4, 0.5) is 0 Å². The van der Waals surface area contributed by atoms with Crippen LogP contribution in [0.3, 0.4) is 0 Å². The Hall–Kier alpha value is 0.230. The van der Waals surface area contributed by atoms with Crippen molar-refractivity contribution in [3.8, 4) is 0 Å². The van der Waals surface area contributed by atoms with Gasteiger partial charge in [0.15, 0.2) is 0 Å². The lowest BCUT2D eigenvalue weighted by Crippen LogP contribution is -2.26. The topological polar surface area (TPSA) is 79.2 Å². The minimum absolute atomic E-state index is 0.145. The van der Waals surface area contributed by atoms with Crippen molar-refractivity contribution in [3.05, 3.63) is 0 Å². The van der Waals surface area contributed by atoms with Gasteiger partial charge >= 0.3 is 8.60 Å². The molecule has 1 saturated heterocycles. The third-order valence-electron chi connectivity index (χ3n) is 1.56. The zero-order chi connectivity index (χ0) is 8.27. The lowest BCUT2D eigenvalue weighted by atomic mass is 10.2. The van der Waals surface area contributed by atoms with Gasteiger partial charge in [-0.1, -0.05) is 0 Å². The van der Waals surface area contributed by atoms with E-state index in [-0.39, 0.29) is 12.7 Å². The Bertz CT molecular complexity index is 119. The second kappa shape index (κ2) is 4.30. The second-order valence-electron chi connectivity index (χ2n) is 2.28.